The summed E-state index contributed by atoms with van der Waals surface area (Å²) in [5, 5.41) is 8.86. The first-order valence-corrected chi connectivity index (χ1v) is 15.0. The molecule has 2 saturated heterocycles. The largest absolute Gasteiger partial charge is 0.481 e. The first-order chi connectivity index (χ1) is 17.6. The van der Waals surface area contributed by atoms with Crippen molar-refractivity contribution >= 4 is 11.9 Å². The Morgan fingerprint density at radius 1 is 1.08 bits per heavy atom. The number of hydrogen-bond acceptors (Lipinski definition) is 5. The van der Waals surface area contributed by atoms with Gasteiger partial charge in [0.05, 0.1) is 25.6 Å². The molecule has 5 fully saturated rings. The van der Waals surface area contributed by atoms with Gasteiger partial charge in [0.15, 0.2) is 5.79 Å². The lowest BCUT2D eigenvalue weighted by Crippen LogP contribution is -2.52. The molecule has 0 radical (unpaired) electrons. The summed E-state index contributed by atoms with van der Waals surface area (Å²) < 4.78 is 19.1. The number of carbonyl (C=O) groups is 2. The fourth-order valence-corrected chi connectivity index (χ4v) is 10.2. The van der Waals surface area contributed by atoms with Crippen LogP contribution < -0.4 is 0 Å². The Morgan fingerprint density at radius 3 is 2.62 bits per heavy atom. The monoisotopic (exact) mass is 514 g/mol. The van der Waals surface area contributed by atoms with E-state index in [0.717, 1.165) is 38.7 Å². The summed E-state index contributed by atoms with van der Waals surface area (Å²) in [5.74, 6) is 2.08. The second-order valence-electron chi connectivity index (χ2n) is 14.0. The first-order valence-electron chi connectivity index (χ1n) is 15.0. The Bertz CT molecular complexity index is 965. The minimum atomic E-state index is -0.953. The molecule has 0 aromatic heterocycles. The van der Waals surface area contributed by atoms with Gasteiger partial charge in [-0.1, -0.05) is 39.3 Å². The molecular formula is C31H46O6. The molecule has 6 aliphatic rings. The van der Waals surface area contributed by atoms with Crippen molar-refractivity contribution in [1.82, 2.24) is 0 Å². The molecule has 6 nitrogen and oxygen atoms in total. The fraction of sp³-hybridized carbons (Fsp3) is 0.871. The number of hydrogen-bond donors (Lipinski definition) is 1. The predicted molar refractivity (Wildman–Crippen MR) is 138 cm³/mol. The molecule has 1 spiro atoms. The van der Waals surface area contributed by atoms with E-state index >= 15 is 0 Å². The second-order valence-corrected chi connectivity index (χ2v) is 14.0. The highest BCUT2D eigenvalue weighted by Crippen LogP contribution is 2.70. The number of carbonyl (C=O) groups excluding carboxylic acids is 1. The minimum Gasteiger partial charge on any atom is -0.481 e. The highest BCUT2D eigenvalue weighted by molar-refractivity contribution is 5.76. The number of carboxylic acids is 1. The molecule has 6 rings (SSSR count). The zero-order valence-corrected chi connectivity index (χ0v) is 23.2. The van der Waals surface area contributed by atoms with E-state index < -0.39 is 5.97 Å². The van der Waals surface area contributed by atoms with E-state index in [4.69, 9.17) is 19.3 Å². The van der Waals surface area contributed by atoms with Gasteiger partial charge in [0.25, 0.3) is 0 Å². The Hall–Kier alpha value is -1.40. The van der Waals surface area contributed by atoms with Crippen LogP contribution in [0.5, 0.6) is 0 Å². The Morgan fingerprint density at radius 2 is 1.89 bits per heavy atom. The van der Waals surface area contributed by atoms with Gasteiger partial charge < -0.3 is 19.3 Å². The van der Waals surface area contributed by atoms with E-state index in [0.29, 0.717) is 47.0 Å². The van der Waals surface area contributed by atoms with Gasteiger partial charge in [0.2, 0.25) is 0 Å². The van der Waals surface area contributed by atoms with Crippen molar-refractivity contribution in [2.75, 3.05) is 6.61 Å². The third-order valence-electron chi connectivity index (χ3n) is 12.2. The van der Waals surface area contributed by atoms with Crippen LogP contribution in [-0.2, 0) is 23.8 Å². The summed E-state index contributed by atoms with van der Waals surface area (Å²) in [7, 11) is 0. The van der Waals surface area contributed by atoms with Crippen molar-refractivity contribution in [2.24, 2.45) is 46.3 Å². The molecule has 6 heteroatoms. The van der Waals surface area contributed by atoms with Gasteiger partial charge in [-0.15, -0.1) is 0 Å². The van der Waals surface area contributed by atoms with Crippen LogP contribution in [-0.4, -0.2) is 41.6 Å². The number of esters is 1. The second kappa shape index (κ2) is 9.08. The van der Waals surface area contributed by atoms with Gasteiger partial charge in [0.1, 0.15) is 6.10 Å². The molecule has 11 atom stereocenters. The van der Waals surface area contributed by atoms with Gasteiger partial charge in [-0.25, -0.2) is 0 Å². The summed E-state index contributed by atoms with van der Waals surface area (Å²) in [4.78, 5) is 23.0. The van der Waals surface area contributed by atoms with Crippen molar-refractivity contribution < 1.29 is 28.9 Å². The van der Waals surface area contributed by atoms with E-state index in [9.17, 15) is 9.59 Å². The number of rotatable bonds is 4. The minimum absolute atomic E-state index is 0.0404. The number of fused-ring (bicyclic) bond motifs is 7. The lowest BCUT2D eigenvalue weighted by Gasteiger charge is -2.58. The summed E-state index contributed by atoms with van der Waals surface area (Å²) in [6, 6.07) is 0. The lowest BCUT2D eigenvalue weighted by molar-refractivity contribution is -0.272. The number of carboxylic acid groups (broad SMARTS) is 1. The fourth-order valence-electron chi connectivity index (χ4n) is 10.2. The lowest BCUT2D eigenvalue weighted by atomic mass is 9.47. The van der Waals surface area contributed by atoms with Crippen LogP contribution in [0, 0.1) is 46.3 Å². The van der Waals surface area contributed by atoms with Crippen molar-refractivity contribution in [3.63, 3.8) is 0 Å². The highest BCUT2D eigenvalue weighted by Gasteiger charge is 2.68. The average Bonchev–Trinajstić information content (AvgIpc) is 3.30. The van der Waals surface area contributed by atoms with Crippen LogP contribution in [0.1, 0.15) is 98.3 Å². The molecule has 1 N–H and O–H groups in total. The maximum Gasteiger partial charge on any atom is 0.306 e. The van der Waals surface area contributed by atoms with Gasteiger partial charge in [0, 0.05) is 18.8 Å². The van der Waals surface area contributed by atoms with E-state index in [1.807, 2.05) is 0 Å². The van der Waals surface area contributed by atoms with Crippen LogP contribution >= 0.6 is 0 Å². The Kier molecular flexibility index (Phi) is 6.34. The SMILES string of the molecule is C[C@H]1CC[C@@]2(OC1)O[C@@H]1C[C@H]3[C@@H]4CC=C5C[C@@H](OC(=O)CCC(=O)O)CC[C@]5(C)[C@H]4CC[C@]3(C)[C@H]1[C@@H]2C. The molecule has 206 valence electrons. The van der Waals surface area contributed by atoms with E-state index in [2.05, 4.69) is 33.8 Å². The molecule has 0 aromatic carbocycles. The summed E-state index contributed by atoms with van der Waals surface area (Å²) in [6.45, 7) is 10.6. The molecule has 37 heavy (non-hydrogen) atoms. The molecule has 3 saturated carbocycles. The van der Waals surface area contributed by atoms with Crippen molar-refractivity contribution in [1.29, 1.82) is 0 Å². The quantitative estimate of drug-likeness (QED) is 0.359. The third-order valence-corrected chi connectivity index (χ3v) is 12.2. The number of ether oxygens (including phenoxy) is 3. The normalized spacial score (nSPS) is 50.4. The molecule has 2 aliphatic heterocycles. The van der Waals surface area contributed by atoms with Crippen molar-refractivity contribution in [2.45, 2.75) is 116 Å². The van der Waals surface area contributed by atoms with Crippen molar-refractivity contribution in [3.8, 4) is 0 Å². The van der Waals surface area contributed by atoms with E-state index in [1.165, 1.54) is 31.3 Å². The molecule has 0 bridgehead atoms. The summed E-state index contributed by atoms with van der Waals surface area (Å²) in [6.07, 6.45) is 12.4. The highest BCUT2D eigenvalue weighted by atomic mass is 16.7. The van der Waals surface area contributed by atoms with Gasteiger partial charge in [-0.2, -0.15) is 0 Å². The number of allylic oxidation sites excluding steroid dienone is 1. The standard InChI is InChI=1S/C31H46O6/c1-18-9-14-31(35-17-18)19(2)28-25(37-31)16-24-22-6-5-20-15-21(36-27(34)8-7-26(32)33)10-12-29(20,3)23(22)11-13-30(24,28)4/h5,18-19,21-25,28H,6-17H2,1-4H3,(H,32,33)/t18-,19-,21-,22+,23-,24-,25+,28-,29-,30-,31+/m0/s1. The van der Waals surface area contributed by atoms with E-state index in [1.54, 1.807) is 0 Å². The van der Waals surface area contributed by atoms with Gasteiger partial charge in [-0.05, 0) is 85.4 Å². The molecule has 4 aliphatic carbocycles. The van der Waals surface area contributed by atoms with Crippen molar-refractivity contribution in [3.05, 3.63) is 11.6 Å². The first kappa shape index (κ1) is 25.9. The topological polar surface area (TPSA) is 82.1 Å². The molecule has 2 heterocycles. The van der Waals surface area contributed by atoms with Crippen LogP contribution in [0.15, 0.2) is 11.6 Å². The Labute approximate surface area is 221 Å². The zero-order chi connectivity index (χ0) is 26.2. The maximum atomic E-state index is 12.2. The van der Waals surface area contributed by atoms with Gasteiger partial charge in [-0.3, -0.25) is 9.59 Å². The molecule has 0 amide bonds. The maximum absolute atomic E-state index is 12.2. The van der Waals surface area contributed by atoms with Crippen LogP contribution in [0.4, 0.5) is 0 Å². The zero-order valence-electron chi connectivity index (χ0n) is 23.2. The van der Waals surface area contributed by atoms with Crippen LogP contribution in [0.25, 0.3) is 0 Å². The molecular weight excluding hydrogens is 468 g/mol. The molecule has 0 aromatic rings. The summed E-state index contributed by atoms with van der Waals surface area (Å²) >= 11 is 0. The smallest absolute Gasteiger partial charge is 0.306 e. The average molecular weight is 515 g/mol. The Balaban J connectivity index is 1.16. The van der Waals surface area contributed by atoms with Crippen LogP contribution in [0.3, 0.4) is 0 Å². The van der Waals surface area contributed by atoms with E-state index in [-0.39, 0.29) is 36.1 Å². The van der Waals surface area contributed by atoms with Gasteiger partial charge >= 0.3 is 11.9 Å². The summed E-state index contributed by atoms with van der Waals surface area (Å²) in [5.41, 5.74) is 1.98. The third kappa shape index (κ3) is 4.02. The molecule has 0 unspecified atom stereocenters. The number of aliphatic carboxylic acids is 1. The van der Waals surface area contributed by atoms with Crippen LogP contribution in [0.2, 0.25) is 0 Å². The predicted octanol–water partition coefficient (Wildman–Crippen LogP) is 6.13.